The van der Waals surface area contributed by atoms with Crippen molar-refractivity contribution in [2.24, 2.45) is 0 Å². The van der Waals surface area contributed by atoms with Crippen molar-refractivity contribution >= 4 is 64.6 Å². The van der Waals surface area contributed by atoms with E-state index in [9.17, 15) is 0 Å². The van der Waals surface area contributed by atoms with E-state index < -0.39 is 0 Å². The molecule has 0 unspecified atom stereocenters. The summed E-state index contributed by atoms with van der Waals surface area (Å²) >= 11 is 0. The van der Waals surface area contributed by atoms with Crippen LogP contribution < -0.4 is 0 Å². The van der Waals surface area contributed by atoms with E-state index in [2.05, 4.69) is 541 Å². The molecular formula is C132H108. The van der Waals surface area contributed by atoms with E-state index in [1.54, 1.807) is 0 Å². The van der Waals surface area contributed by atoms with Gasteiger partial charge in [0.05, 0.1) is 0 Å². The van der Waals surface area contributed by atoms with Crippen LogP contribution >= 0.6 is 0 Å². The van der Waals surface area contributed by atoms with Crippen LogP contribution in [-0.4, -0.2) is 0 Å². The van der Waals surface area contributed by atoms with Gasteiger partial charge in [0.25, 0.3) is 0 Å². The van der Waals surface area contributed by atoms with Gasteiger partial charge in [0, 0.05) is 0 Å². The van der Waals surface area contributed by atoms with E-state index in [1.807, 2.05) is 0 Å². The molecule has 0 aliphatic heterocycles. The summed E-state index contributed by atoms with van der Waals surface area (Å²) in [6.07, 6.45) is 0. The highest BCUT2D eigenvalue weighted by atomic mass is 14.2. The highest BCUT2D eigenvalue weighted by Crippen LogP contribution is 2.45. The first-order chi connectivity index (χ1) is 64.7. The molecule has 0 heterocycles. The van der Waals surface area contributed by atoms with E-state index in [-0.39, 0.29) is 0 Å². The van der Waals surface area contributed by atoms with Crippen LogP contribution in [0.25, 0.3) is 198 Å². The Morgan fingerprint density at radius 2 is 0.379 bits per heavy atom. The van der Waals surface area contributed by atoms with Gasteiger partial charge in [0.2, 0.25) is 0 Å². The molecule has 132 heavy (non-hydrogen) atoms. The summed E-state index contributed by atoms with van der Waals surface area (Å²) in [7, 11) is 0. The van der Waals surface area contributed by atoms with Crippen LogP contribution in [0.5, 0.6) is 0 Å². The molecule has 0 aromatic heterocycles. The van der Waals surface area contributed by atoms with E-state index in [0.29, 0.717) is 23.7 Å². The standard InChI is InChI=1S/2C35H28.2C31H26/c1-24(2)25-11-13-28(14-12-25)33-21-34(31-17-15-26-7-3-5-9-29(26)19-31)23-35(22-33)32-18-16-27-8-4-6-10-30(27)20-32;1-24(2)25-16-18-27(19-17-25)30-20-29(26-10-4-3-5-11-26)21-31(22-30)35-23-28-12-6-7-13-32(28)33-14-8-9-15-34(33)35;1-22(2)28-17-18-29(31-16-10-9-15-30(28)31)27-20-25(23-11-5-3-6-12-23)19-26(21-27)24-13-7-4-8-14-24;1-22(2)26-19-20-28(30-16-10-9-15-29(26)30)25-17-18-27(23-11-5-3-6-12-23)31(21-25)24-13-7-4-8-14-24/h2*3-24H,1-2H3;2*3-22H,1-2H3. The van der Waals surface area contributed by atoms with E-state index in [0.717, 1.165) is 0 Å². The van der Waals surface area contributed by atoms with Crippen molar-refractivity contribution in [1.29, 1.82) is 0 Å². The normalized spacial score (nSPS) is 11.3. The van der Waals surface area contributed by atoms with Crippen molar-refractivity contribution in [1.82, 2.24) is 0 Å². The number of hydrogen-bond donors (Lipinski definition) is 0. The molecule has 0 nitrogen and oxygen atoms in total. The number of rotatable bonds is 16. The Kier molecular flexibility index (Phi) is 25.5. The molecule has 22 aromatic carbocycles. The van der Waals surface area contributed by atoms with Gasteiger partial charge in [-0.2, -0.15) is 0 Å². The van der Waals surface area contributed by atoms with E-state index in [4.69, 9.17) is 0 Å². The zero-order valence-electron chi connectivity index (χ0n) is 76.5. The van der Waals surface area contributed by atoms with Gasteiger partial charge in [0.15, 0.2) is 0 Å². The quantitative estimate of drug-likeness (QED) is 0.0846. The minimum atomic E-state index is 0.495. The summed E-state index contributed by atoms with van der Waals surface area (Å²) < 4.78 is 0. The highest BCUT2D eigenvalue weighted by molar-refractivity contribution is 6.14. The second-order valence-corrected chi connectivity index (χ2v) is 36.2. The highest BCUT2D eigenvalue weighted by Gasteiger charge is 2.20. The maximum Gasteiger partial charge on any atom is -0.00986 e. The van der Waals surface area contributed by atoms with Gasteiger partial charge in [-0.25, -0.2) is 0 Å². The first-order valence-corrected chi connectivity index (χ1v) is 46.7. The molecule has 0 saturated carbocycles. The summed E-state index contributed by atoms with van der Waals surface area (Å²) in [5.74, 6) is 2.05. The van der Waals surface area contributed by atoms with Crippen molar-refractivity contribution in [2.45, 2.75) is 79.1 Å². The lowest BCUT2D eigenvalue weighted by molar-refractivity contribution is 0.867. The SMILES string of the molecule is CC(C)c1ccc(-c2cc(-c3ccc4ccccc4c3)cc(-c3ccc4ccccc4c3)c2)cc1.CC(C)c1ccc(-c2cc(-c3ccccc3)cc(-c3cc4ccccc4c4ccccc34)c2)cc1.CC(C)c1ccc(-c2cc(-c3ccccc3)cc(-c3ccccc3)c2)c2ccccc12.CC(C)c1ccc(-c2ccc(-c3ccccc3)c(-c3ccccc3)c2)c2ccccc12. The summed E-state index contributed by atoms with van der Waals surface area (Å²) in [4.78, 5) is 0. The third-order valence-electron chi connectivity index (χ3n) is 26.2. The number of hydrogen-bond acceptors (Lipinski definition) is 0. The number of fused-ring (bicyclic) bond motifs is 7. The average Bonchev–Trinajstić information content (AvgIpc) is 0.707. The van der Waals surface area contributed by atoms with Crippen molar-refractivity contribution in [2.75, 3.05) is 0 Å². The Hall–Kier alpha value is -15.6. The molecule has 22 rings (SSSR count). The zero-order valence-corrected chi connectivity index (χ0v) is 76.5. The molecule has 0 atom stereocenters. The van der Waals surface area contributed by atoms with Crippen molar-refractivity contribution < 1.29 is 0 Å². The van der Waals surface area contributed by atoms with Crippen LogP contribution in [0.3, 0.4) is 0 Å². The molecule has 0 heteroatoms. The van der Waals surface area contributed by atoms with Gasteiger partial charge >= 0.3 is 0 Å². The zero-order chi connectivity index (χ0) is 90.0. The van der Waals surface area contributed by atoms with Crippen LogP contribution in [0.15, 0.2) is 485 Å². The van der Waals surface area contributed by atoms with Crippen LogP contribution in [0.4, 0.5) is 0 Å². The second kappa shape index (κ2) is 39.2. The van der Waals surface area contributed by atoms with E-state index >= 15 is 0 Å². The Morgan fingerprint density at radius 3 is 0.765 bits per heavy atom. The minimum absolute atomic E-state index is 0.495. The summed E-state index contributed by atoms with van der Waals surface area (Å²) in [6, 6.07) is 177. The Bertz CT molecular complexity index is 7660. The fourth-order valence-corrected chi connectivity index (χ4v) is 19.0. The van der Waals surface area contributed by atoms with E-state index in [1.165, 1.54) is 220 Å². The molecule has 0 radical (unpaired) electrons. The fraction of sp³-hybridized carbons (Fsp3) is 0.0909. The van der Waals surface area contributed by atoms with Gasteiger partial charge in [0.1, 0.15) is 0 Å². The minimum Gasteiger partial charge on any atom is -0.0622 e. The third-order valence-corrected chi connectivity index (χ3v) is 26.2. The molecule has 0 N–H and O–H groups in total. The average molecular weight is 1690 g/mol. The van der Waals surface area contributed by atoms with Gasteiger partial charge in [-0.3, -0.25) is 0 Å². The third kappa shape index (κ3) is 18.8. The van der Waals surface area contributed by atoms with Gasteiger partial charge in [-0.15, -0.1) is 0 Å². The second-order valence-electron chi connectivity index (χ2n) is 36.2. The van der Waals surface area contributed by atoms with Crippen LogP contribution in [-0.2, 0) is 0 Å². The molecule has 0 saturated heterocycles. The van der Waals surface area contributed by atoms with Crippen molar-refractivity contribution in [3.63, 3.8) is 0 Å². The van der Waals surface area contributed by atoms with Crippen LogP contribution in [0, 0.1) is 0 Å². The van der Waals surface area contributed by atoms with Gasteiger partial charge in [-0.1, -0.05) is 462 Å². The molecule has 636 valence electrons. The molecule has 0 bridgehead atoms. The number of benzene rings is 22. The van der Waals surface area contributed by atoms with Crippen molar-refractivity contribution in [3.05, 3.63) is 508 Å². The predicted octanol–water partition coefficient (Wildman–Crippen LogP) is 38.2. The lowest BCUT2D eigenvalue weighted by Gasteiger charge is -2.16. The lowest BCUT2D eigenvalue weighted by Crippen LogP contribution is -1.92. The largest absolute Gasteiger partial charge is 0.0622 e. The monoisotopic (exact) mass is 1690 g/mol. The van der Waals surface area contributed by atoms with Gasteiger partial charge in [-0.05, 0) is 323 Å². The molecule has 22 aromatic rings. The summed E-state index contributed by atoms with van der Waals surface area (Å²) in [5.41, 5.74) is 35.6. The Morgan fingerprint density at radius 1 is 0.114 bits per heavy atom. The lowest BCUT2D eigenvalue weighted by atomic mass is 9.87. The van der Waals surface area contributed by atoms with Gasteiger partial charge < -0.3 is 0 Å². The maximum atomic E-state index is 2.36. The van der Waals surface area contributed by atoms with Crippen LogP contribution in [0.2, 0.25) is 0 Å². The first kappa shape index (κ1) is 85.8. The first-order valence-electron chi connectivity index (χ1n) is 46.7. The summed E-state index contributed by atoms with van der Waals surface area (Å²) in [6.45, 7) is 18.0. The topological polar surface area (TPSA) is 0 Å². The Labute approximate surface area is 779 Å². The molecule has 0 fully saturated rings. The smallest absolute Gasteiger partial charge is 0.00986 e. The molecule has 0 aliphatic rings. The maximum absolute atomic E-state index is 2.36. The predicted molar refractivity (Wildman–Crippen MR) is 572 cm³/mol. The Balaban J connectivity index is 0.000000114. The molecular weight excluding hydrogens is 1590 g/mol. The fourth-order valence-electron chi connectivity index (χ4n) is 19.0. The summed E-state index contributed by atoms with van der Waals surface area (Å²) in [5, 5.41) is 15.6. The van der Waals surface area contributed by atoms with Crippen LogP contribution in [0.1, 0.15) is 101 Å². The molecule has 0 spiro atoms. The molecule has 0 aliphatic carbocycles. The van der Waals surface area contributed by atoms with Crippen molar-refractivity contribution in [3.8, 4) is 134 Å². The molecule has 0 amide bonds.